The quantitative estimate of drug-likeness (QED) is 0.584. The highest BCUT2D eigenvalue weighted by Gasteiger charge is 2.12. The second-order valence-corrected chi connectivity index (χ2v) is 4.77. The molecule has 0 saturated carbocycles. The number of hydrogen-bond acceptors (Lipinski definition) is 4. The molecule has 2 aromatic carbocycles. The molecule has 0 aliphatic rings. The number of phenolic OH excluding ortho intramolecular Hbond substituents is 1. The van der Waals surface area contributed by atoms with Crippen molar-refractivity contribution in [1.29, 1.82) is 0 Å². The third-order valence-electron chi connectivity index (χ3n) is 3.26. The average molecular weight is 292 g/mol. The van der Waals surface area contributed by atoms with Gasteiger partial charge in [-0.2, -0.15) is 0 Å². The first-order valence-corrected chi connectivity index (χ1v) is 6.65. The zero-order valence-electron chi connectivity index (χ0n) is 11.5. The number of pyridine rings is 1. The molecule has 22 heavy (non-hydrogen) atoms. The van der Waals surface area contributed by atoms with Gasteiger partial charge in [-0.3, -0.25) is 10.1 Å². The van der Waals surface area contributed by atoms with E-state index < -0.39 is 4.92 Å². The summed E-state index contributed by atoms with van der Waals surface area (Å²) in [5.74, 6) is 0.205. The highest BCUT2D eigenvalue weighted by molar-refractivity contribution is 5.88. The van der Waals surface area contributed by atoms with Crippen LogP contribution >= 0.6 is 0 Å². The summed E-state index contributed by atoms with van der Waals surface area (Å²) in [6, 6.07) is 15.2. The first-order valence-electron chi connectivity index (χ1n) is 6.65. The van der Waals surface area contributed by atoms with Gasteiger partial charge in [-0.15, -0.1) is 0 Å². The molecule has 3 aromatic rings. The van der Waals surface area contributed by atoms with Gasteiger partial charge in [-0.1, -0.05) is 36.4 Å². The third kappa shape index (κ3) is 2.78. The van der Waals surface area contributed by atoms with Crippen molar-refractivity contribution >= 4 is 28.7 Å². The number of aromatic hydroxyl groups is 1. The molecule has 0 atom stereocenters. The second kappa shape index (κ2) is 5.65. The molecule has 0 aliphatic carbocycles. The van der Waals surface area contributed by atoms with Crippen molar-refractivity contribution in [1.82, 2.24) is 4.98 Å². The number of non-ortho nitro benzene ring substituents is 1. The first-order chi connectivity index (χ1) is 10.6. The number of fused-ring (bicyclic) bond motifs is 1. The van der Waals surface area contributed by atoms with Crippen molar-refractivity contribution in [3.63, 3.8) is 0 Å². The topological polar surface area (TPSA) is 76.3 Å². The summed E-state index contributed by atoms with van der Waals surface area (Å²) in [5.41, 5.74) is 1.91. The third-order valence-corrected chi connectivity index (χ3v) is 3.26. The number of para-hydroxylation sites is 1. The summed E-state index contributed by atoms with van der Waals surface area (Å²) in [4.78, 5) is 15.0. The lowest BCUT2D eigenvalue weighted by molar-refractivity contribution is -0.383. The van der Waals surface area contributed by atoms with E-state index in [9.17, 15) is 15.2 Å². The van der Waals surface area contributed by atoms with Crippen molar-refractivity contribution in [2.45, 2.75) is 0 Å². The molecule has 3 rings (SSSR count). The van der Waals surface area contributed by atoms with E-state index in [1.165, 1.54) is 6.07 Å². The van der Waals surface area contributed by atoms with Crippen LogP contribution in [0.2, 0.25) is 0 Å². The Hall–Kier alpha value is -3.21. The van der Waals surface area contributed by atoms with Gasteiger partial charge in [0.2, 0.25) is 0 Å². The summed E-state index contributed by atoms with van der Waals surface area (Å²) in [5, 5.41) is 21.0. The Balaban J connectivity index is 1.99. The van der Waals surface area contributed by atoms with Gasteiger partial charge in [-0.25, -0.2) is 4.98 Å². The summed E-state index contributed by atoms with van der Waals surface area (Å²) < 4.78 is 0. The van der Waals surface area contributed by atoms with Crippen molar-refractivity contribution in [2.75, 3.05) is 0 Å². The molecule has 0 radical (unpaired) electrons. The number of nitrogens with zero attached hydrogens (tertiary/aromatic N) is 2. The first kappa shape index (κ1) is 13.8. The lowest BCUT2D eigenvalue weighted by Gasteiger charge is -2.00. The van der Waals surface area contributed by atoms with Gasteiger partial charge in [-0.05, 0) is 29.8 Å². The Bertz CT molecular complexity index is 871. The minimum absolute atomic E-state index is 0.00242. The molecule has 1 N–H and O–H groups in total. The van der Waals surface area contributed by atoms with E-state index >= 15 is 0 Å². The SMILES string of the molecule is O=[N+]([O-])c1cccc2ccc(/C=C/c3ccc(O)cc3)nc12. The van der Waals surface area contributed by atoms with Gasteiger partial charge >= 0.3 is 0 Å². The molecule has 1 heterocycles. The van der Waals surface area contributed by atoms with Crippen molar-refractivity contribution in [3.8, 4) is 5.75 Å². The van der Waals surface area contributed by atoms with E-state index in [1.54, 1.807) is 42.5 Å². The van der Waals surface area contributed by atoms with Crippen LogP contribution in [-0.4, -0.2) is 15.0 Å². The van der Waals surface area contributed by atoms with Crippen molar-refractivity contribution < 1.29 is 10.0 Å². The van der Waals surface area contributed by atoms with Gasteiger partial charge in [0.1, 0.15) is 11.3 Å². The summed E-state index contributed by atoms with van der Waals surface area (Å²) in [7, 11) is 0. The zero-order valence-corrected chi connectivity index (χ0v) is 11.5. The number of benzene rings is 2. The van der Waals surface area contributed by atoms with E-state index in [0.717, 1.165) is 10.9 Å². The number of aromatic nitrogens is 1. The monoisotopic (exact) mass is 292 g/mol. The maximum atomic E-state index is 11.1. The standard InChI is InChI=1S/C17H12N2O3/c20-15-10-5-12(6-11-15)4-8-14-9-7-13-2-1-3-16(19(21)22)17(13)18-14/h1-11,20H/b8-4+. The molecule has 0 spiro atoms. The lowest BCUT2D eigenvalue weighted by Crippen LogP contribution is -1.92. The predicted octanol–water partition coefficient (Wildman–Crippen LogP) is 4.02. The fraction of sp³-hybridized carbons (Fsp3) is 0. The highest BCUT2D eigenvalue weighted by Crippen LogP contribution is 2.24. The van der Waals surface area contributed by atoms with Crippen LogP contribution < -0.4 is 0 Å². The Kier molecular flexibility index (Phi) is 3.53. The number of phenols is 1. The number of nitro groups is 1. The van der Waals surface area contributed by atoms with Gasteiger partial charge in [0.15, 0.2) is 0 Å². The predicted molar refractivity (Wildman–Crippen MR) is 85.4 cm³/mol. The Morgan fingerprint density at radius 2 is 1.77 bits per heavy atom. The number of hydrogen-bond donors (Lipinski definition) is 1. The fourth-order valence-electron chi connectivity index (χ4n) is 2.15. The maximum Gasteiger partial charge on any atom is 0.295 e. The van der Waals surface area contributed by atoms with Crippen LogP contribution in [0.3, 0.4) is 0 Å². The normalized spacial score (nSPS) is 11.1. The van der Waals surface area contributed by atoms with Crippen LogP contribution in [0, 0.1) is 10.1 Å². The van der Waals surface area contributed by atoms with Crippen LogP contribution in [0.4, 0.5) is 5.69 Å². The van der Waals surface area contributed by atoms with Crippen LogP contribution in [0.15, 0.2) is 54.6 Å². The maximum absolute atomic E-state index is 11.1. The highest BCUT2D eigenvalue weighted by atomic mass is 16.6. The zero-order chi connectivity index (χ0) is 15.5. The van der Waals surface area contributed by atoms with E-state index in [2.05, 4.69) is 4.98 Å². The minimum atomic E-state index is -0.428. The molecule has 5 nitrogen and oxygen atoms in total. The van der Waals surface area contributed by atoms with E-state index in [1.807, 2.05) is 18.2 Å². The molecule has 0 amide bonds. The van der Waals surface area contributed by atoms with Crippen LogP contribution in [0.1, 0.15) is 11.3 Å². The van der Waals surface area contributed by atoms with Crippen LogP contribution in [0.5, 0.6) is 5.75 Å². The minimum Gasteiger partial charge on any atom is -0.508 e. The summed E-state index contributed by atoms with van der Waals surface area (Å²) in [6.07, 6.45) is 3.62. The summed E-state index contributed by atoms with van der Waals surface area (Å²) >= 11 is 0. The Morgan fingerprint density at radius 1 is 1.00 bits per heavy atom. The number of rotatable bonds is 3. The molecular weight excluding hydrogens is 280 g/mol. The molecule has 5 heteroatoms. The second-order valence-electron chi connectivity index (χ2n) is 4.77. The summed E-state index contributed by atoms with van der Waals surface area (Å²) in [6.45, 7) is 0. The van der Waals surface area contributed by atoms with Crippen LogP contribution in [-0.2, 0) is 0 Å². The largest absolute Gasteiger partial charge is 0.508 e. The van der Waals surface area contributed by atoms with E-state index in [4.69, 9.17) is 0 Å². The van der Waals surface area contributed by atoms with Gasteiger partial charge < -0.3 is 5.11 Å². The molecule has 1 aromatic heterocycles. The van der Waals surface area contributed by atoms with Crippen molar-refractivity contribution in [3.05, 3.63) is 76.0 Å². The Morgan fingerprint density at radius 3 is 2.50 bits per heavy atom. The molecule has 0 fully saturated rings. The fourth-order valence-corrected chi connectivity index (χ4v) is 2.15. The van der Waals surface area contributed by atoms with Crippen LogP contribution in [0.25, 0.3) is 23.1 Å². The van der Waals surface area contributed by atoms with Gasteiger partial charge in [0.05, 0.1) is 10.6 Å². The molecule has 108 valence electrons. The van der Waals surface area contributed by atoms with Gasteiger partial charge in [0.25, 0.3) is 5.69 Å². The van der Waals surface area contributed by atoms with Gasteiger partial charge in [0, 0.05) is 11.5 Å². The Labute approximate surface area is 126 Å². The molecule has 0 aliphatic heterocycles. The average Bonchev–Trinajstić information content (AvgIpc) is 2.53. The van der Waals surface area contributed by atoms with E-state index in [-0.39, 0.29) is 11.4 Å². The van der Waals surface area contributed by atoms with Crippen molar-refractivity contribution in [2.24, 2.45) is 0 Å². The molecular formula is C17H12N2O3. The molecule has 0 unspecified atom stereocenters. The number of nitro benzene ring substituents is 1. The molecule has 0 saturated heterocycles. The van der Waals surface area contributed by atoms with E-state index in [0.29, 0.717) is 11.2 Å². The smallest absolute Gasteiger partial charge is 0.295 e. The molecule has 0 bridgehead atoms. The lowest BCUT2D eigenvalue weighted by atomic mass is 10.1.